The van der Waals surface area contributed by atoms with Gasteiger partial charge in [-0.25, -0.2) is 0 Å². The van der Waals surface area contributed by atoms with Crippen molar-refractivity contribution in [1.29, 1.82) is 0 Å². The van der Waals surface area contributed by atoms with Gasteiger partial charge in [0.05, 0.1) is 7.11 Å². The van der Waals surface area contributed by atoms with Crippen LogP contribution in [0.15, 0.2) is 24.3 Å². The van der Waals surface area contributed by atoms with Crippen LogP contribution in [0.5, 0.6) is 5.75 Å². The summed E-state index contributed by atoms with van der Waals surface area (Å²) in [6.45, 7) is 6.39. The molecular formula is C13H18O. The minimum Gasteiger partial charge on any atom is -0.497 e. The van der Waals surface area contributed by atoms with Crippen molar-refractivity contribution in [3.63, 3.8) is 0 Å². The molecule has 0 atom stereocenters. The second kappa shape index (κ2) is 4.85. The molecule has 1 rings (SSSR count). The van der Waals surface area contributed by atoms with Gasteiger partial charge >= 0.3 is 0 Å². The lowest BCUT2D eigenvalue weighted by atomic mass is 9.98. The van der Waals surface area contributed by atoms with Gasteiger partial charge in [-0.2, -0.15) is 0 Å². The van der Waals surface area contributed by atoms with Crippen LogP contribution >= 0.6 is 0 Å². The highest BCUT2D eigenvalue weighted by Gasteiger charge is 2.03. The van der Waals surface area contributed by atoms with E-state index < -0.39 is 0 Å². The molecule has 1 aromatic rings. The fourth-order valence-electron chi connectivity index (χ4n) is 1.62. The molecule has 0 fully saturated rings. The Morgan fingerprint density at radius 2 is 2.14 bits per heavy atom. The molecular weight excluding hydrogens is 172 g/mol. The Bertz CT molecular complexity index is 337. The van der Waals surface area contributed by atoms with Crippen LogP contribution in [0.3, 0.4) is 0 Å². The van der Waals surface area contributed by atoms with Crippen LogP contribution in [0.1, 0.15) is 31.4 Å². The third kappa shape index (κ3) is 2.16. The van der Waals surface area contributed by atoms with Gasteiger partial charge in [0, 0.05) is 0 Å². The highest BCUT2D eigenvalue weighted by atomic mass is 16.5. The second-order valence-electron chi connectivity index (χ2n) is 3.35. The normalized spacial score (nSPS) is 11.6. The van der Waals surface area contributed by atoms with E-state index in [1.54, 1.807) is 7.11 Å². The van der Waals surface area contributed by atoms with E-state index in [0.717, 1.165) is 12.2 Å². The van der Waals surface area contributed by atoms with Gasteiger partial charge in [-0.1, -0.05) is 19.1 Å². The summed E-state index contributed by atoms with van der Waals surface area (Å²) in [6.07, 6.45) is 3.23. The van der Waals surface area contributed by atoms with Crippen molar-refractivity contribution < 1.29 is 4.74 Å². The van der Waals surface area contributed by atoms with Crippen molar-refractivity contribution in [3.05, 3.63) is 35.4 Å². The summed E-state index contributed by atoms with van der Waals surface area (Å²) in [5.41, 5.74) is 3.98. The van der Waals surface area contributed by atoms with Crippen LogP contribution in [0, 0.1) is 6.92 Å². The minimum atomic E-state index is 0.929. The average Bonchev–Trinajstić information content (AvgIpc) is 2.22. The third-order valence-electron chi connectivity index (χ3n) is 2.52. The number of allylic oxidation sites excluding steroid dienone is 2. The first kappa shape index (κ1) is 10.8. The molecule has 76 valence electrons. The monoisotopic (exact) mass is 190 g/mol. The van der Waals surface area contributed by atoms with Crippen LogP contribution in [0.25, 0.3) is 5.57 Å². The number of aryl methyl sites for hydroxylation is 1. The molecule has 0 aromatic heterocycles. The average molecular weight is 190 g/mol. The number of rotatable bonds is 3. The lowest BCUT2D eigenvalue weighted by Crippen LogP contribution is -1.90. The Morgan fingerprint density at radius 3 is 2.64 bits per heavy atom. The van der Waals surface area contributed by atoms with Gasteiger partial charge in [0.15, 0.2) is 0 Å². The first-order valence-electron chi connectivity index (χ1n) is 5.03. The van der Waals surface area contributed by atoms with Crippen molar-refractivity contribution in [1.82, 2.24) is 0 Å². The Balaban J connectivity index is 3.18. The molecule has 0 saturated carbocycles. The zero-order valence-corrected chi connectivity index (χ0v) is 9.42. The molecule has 1 aromatic carbocycles. The Hall–Kier alpha value is -1.24. The van der Waals surface area contributed by atoms with Crippen LogP contribution in [-0.4, -0.2) is 7.11 Å². The van der Waals surface area contributed by atoms with Gasteiger partial charge in [0.2, 0.25) is 0 Å². The highest BCUT2D eigenvalue weighted by molar-refractivity contribution is 5.68. The van der Waals surface area contributed by atoms with E-state index >= 15 is 0 Å². The quantitative estimate of drug-likeness (QED) is 0.704. The Labute approximate surface area is 86.4 Å². The predicted octanol–water partition coefficient (Wildman–Crippen LogP) is 3.82. The molecule has 0 aliphatic rings. The van der Waals surface area contributed by atoms with Gasteiger partial charge in [0.25, 0.3) is 0 Å². The van der Waals surface area contributed by atoms with E-state index in [9.17, 15) is 0 Å². The summed E-state index contributed by atoms with van der Waals surface area (Å²) in [4.78, 5) is 0. The fraction of sp³-hybridized carbons (Fsp3) is 0.385. The van der Waals surface area contributed by atoms with E-state index in [1.165, 1.54) is 16.7 Å². The summed E-state index contributed by atoms with van der Waals surface area (Å²) in [7, 11) is 1.70. The molecule has 0 N–H and O–H groups in total. The summed E-state index contributed by atoms with van der Waals surface area (Å²) in [5.74, 6) is 0.929. The Morgan fingerprint density at radius 1 is 1.43 bits per heavy atom. The van der Waals surface area contributed by atoms with Crippen LogP contribution in [0.4, 0.5) is 0 Å². The standard InChI is InChI=1S/C13H18O/c1-5-11(6-2)13-9-12(14-4)8-7-10(13)3/h5,7-9H,6H2,1-4H3/b11-5-. The molecule has 0 saturated heterocycles. The molecule has 1 heteroatoms. The van der Waals surface area contributed by atoms with Crippen LogP contribution in [-0.2, 0) is 0 Å². The number of benzene rings is 1. The Kier molecular flexibility index (Phi) is 3.75. The molecule has 0 bridgehead atoms. The second-order valence-corrected chi connectivity index (χ2v) is 3.35. The van der Waals surface area contributed by atoms with E-state index in [1.807, 2.05) is 6.07 Å². The van der Waals surface area contributed by atoms with Crippen molar-refractivity contribution in [2.45, 2.75) is 27.2 Å². The van der Waals surface area contributed by atoms with Crippen LogP contribution < -0.4 is 4.74 Å². The maximum atomic E-state index is 5.22. The lowest BCUT2D eigenvalue weighted by molar-refractivity contribution is 0.414. The van der Waals surface area contributed by atoms with Gasteiger partial charge < -0.3 is 4.74 Å². The van der Waals surface area contributed by atoms with Crippen LogP contribution in [0.2, 0.25) is 0 Å². The summed E-state index contributed by atoms with van der Waals surface area (Å²) in [5, 5.41) is 0. The number of methoxy groups -OCH3 is 1. The van der Waals surface area contributed by atoms with E-state index in [0.29, 0.717) is 0 Å². The molecule has 0 aliphatic carbocycles. The van der Waals surface area contributed by atoms with Crippen molar-refractivity contribution in [2.75, 3.05) is 7.11 Å². The third-order valence-corrected chi connectivity index (χ3v) is 2.52. The van der Waals surface area contributed by atoms with E-state index in [4.69, 9.17) is 4.74 Å². The zero-order valence-electron chi connectivity index (χ0n) is 9.42. The summed E-state index contributed by atoms with van der Waals surface area (Å²) in [6, 6.07) is 6.21. The number of ether oxygens (including phenoxy) is 1. The predicted molar refractivity (Wildman–Crippen MR) is 61.7 cm³/mol. The van der Waals surface area contributed by atoms with Gasteiger partial charge in [-0.15, -0.1) is 0 Å². The molecule has 14 heavy (non-hydrogen) atoms. The maximum Gasteiger partial charge on any atom is 0.119 e. The highest BCUT2D eigenvalue weighted by Crippen LogP contribution is 2.25. The molecule has 0 amide bonds. The zero-order chi connectivity index (χ0) is 10.6. The first-order chi connectivity index (χ1) is 6.72. The number of hydrogen-bond donors (Lipinski definition) is 0. The fourth-order valence-corrected chi connectivity index (χ4v) is 1.62. The van der Waals surface area contributed by atoms with Gasteiger partial charge in [-0.05, 0) is 49.1 Å². The topological polar surface area (TPSA) is 9.23 Å². The van der Waals surface area contributed by atoms with Crippen molar-refractivity contribution in [2.24, 2.45) is 0 Å². The smallest absolute Gasteiger partial charge is 0.119 e. The molecule has 0 unspecified atom stereocenters. The SMILES string of the molecule is C/C=C(/CC)c1cc(OC)ccc1C. The molecule has 0 heterocycles. The minimum absolute atomic E-state index is 0.929. The molecule has 0 aliphatic heterocycles. The van der Waals surface area contributed by atoms with E-state index in [2.05, 4.69) is 39.0 Å². The first-order valence-corrected chi connectivity index (χ1v) is 5.03. The van der Waals surface area contributed by atoms with Gasteiger partial charge in [0.1, 0.15) is 5.75 Å². The van der Waals surface area contributed by atoms with Crippen molar-refractivity contribution in [3.8, 4) is 5.75 Å². The summed E-state index contributed by atoms with van der Waals surface area (Å²) < 4.78 is 5.22. The largest absolute Gasteiger partial charge is 0.497 e. The van der Waals surface area contributed by atoms with Gasteiger partial charge in [-0.3, -0.25) is 0 Å². The van der Waals surface area contributed by atoms with Crippen molar-refractivity contribution >= 4 is 5.57 Å². The number of hydrogen-bond acceptors (Lipinski definition) is 1. The van der Waals surface area contributed by atoms with E-state index in [-0.39, 0.29) is 0 Å². The molecule has 0 radical (unpaired) electrons. The molecule has 0 spiro atoms. The molecule has 1 nitrogen and oxygen atoms in total. The summed E-state index contributed by atoms with van der Waals surface area (Å²) >= 11 is 0. The maximum absolute atomic E-state index is 5.22. The lowest BCUT2D eigenvalue weighted by Gasteiger charge is -2.10.